The number of nitrogens with zero attached hydrogens (tertiary/aromatic N) is 1. The third kappa shape index (κ3) is 18.7. The molecule has 1 fully saturated rings. The van der Waals surface area contributed by atoms with E-state index < -0.39 is 0 Å². The predicted molar refractivity (Wildman–Crippen MR) is 61.3 cm³/mol. The van der Waals surface area contributed by atoms with Crippen LogP contribution in [0.3, 0.4) is 0 Å². The van der Waals surface area contributed by atoms with Crippen LogP contribution in [0.1, 0.15) is 28.2 Å². The van der Waals surface area contributed by atoms with Crippen LogP contribution in [-0.2, 0) is 4.74 Å². The van der Waals surface area contributed by atoms with E-state index in [0.717, 1.165) is 32.2 Å². The zero-order valence-electron chi connectivity index (χ0n) is 8.84. The fourth-order valence-corrected chi connectivity index (χ4v) is 0.655. The molecule has 0 amide bonds. The van der Waals surface area contributed by atoms with E-state index in [1.807, 2.05) is 0 Å². The molecule has 3 heteroatoms. The van der Waals surface area contributed by atoms with E-state index in [4.69, 9.17) is 4.74 Å². The van der Waals surface area contributed by atoms with E-state index in [1.54, 1.807) is 0 Å². The number of morpholine rings is 1. The van der Waals surface area contributed by atoms with E-state index in [2.05, 4.69) is 32.7 Å². The first kappa shape index (κ1) is 18.7. The fraction of sp³-hybridized carbons (Fsp3) is 1.00. The first-order valence-electron chi connectivity index (χ1n) is 4.39. The molecular formula is C10H25BNO. The first-order chi connectivity index (χ1) is 5.13. The van der Waals surface area contributed by atoms with Crippen molar-refractivity contribution < 1.29 is 4.74 Å². The average molecular weight is 186 g/mol. The van der Waals surface area contributed by atoms with Crippen LogP contribution in [0.2, 0.25) is 0 Å². The summed E-state index contributed by atoms with van der Waals surface area (Å²) < 4.78 is 5.10. The minimum atomic E-state index is 0. The summed E-state index contributed by atoms with van der Waals surface area (Å²) in [6, 6.07) is 0. The molecule has 1 heterocycles. The van der Waals surface area contributed by atoms with Crippen LogP contribution < -0.4 is 0 Å². The lowest BCUT2D eigenvalue weighted by molar-refractivity contribution is 0.0503. The van der Waals surface area contributed by atoms with Gasteiger partial charge in [0.15, 0.2) is 0 Å². The molecule has 0 N–H and O–H groups in total. The molecule has 13 heavy (non-hydrogen) atoms. The molecule has 1 aliphatic heterocycles. The Labute approximate surface area is 86.2 Å². The van der Waals surface area contributed by atoms with Crippen molar-refractivity contribution in [2.45, 2.75) is 28.2 Å². The molecule has 0 bridgehead atoms. The van der Waals surface area contributed by atoms with Crippen molar-refractivity contribution in [3.63, 3.8) is 0 Å². The third-order valence-electron chi connectivity index (χ3n) is 1.23. The van der Waals surface area contributed by atoms with Gasteiger partial charge in [-0.15, -0.1) is 0 Å². The van der Waals surface area contributed by atoms with Crippen molar-refractivity contribution in [1.82, 2.24) is 4.90 Å². The van der Waals surface area contributed by atoms with Crippen molar-refractivity contribution in [3.05, 3.63) is 0 Å². The van der Waals surface area contributed by atoms with Crippen molar-refractivity contribution in [2.24, 2.45) is 5.92 Å². The summed E-state index contributed by atoms with van der Waals surface area (Å²) >= 11 is 0. The number of rotatable bonds is 0. The minimum absolute atomic E-state index is 0. The van der Waals surface area contributed by atoms with Gasteiger partial charge in [0, 0.05) is 21.5 Å². The Balaban J connectivity index is -0.000000150. The fourth-order valence-electron chi connectivity index (χ4n) is 0.655. The van der Waals surface area contributed by atoms with Crippen molar-refractivity contribution in [3.8, 4) is 0 Å². The Kier molecular flexibility index (Phi) is 17.2. The smallest absolute Gasteiger partial charge is 0.0594 e. The van der Waals surface area contributed by atoms with E-state index >= 15 is 0 Å². The van der Waals surface area contributed by atoms with Gasteiger partial charge in [-0.25, -0.2) is 0 Å². The third-order valence-corrected chi connectivity index (χ3v) is 1.23. The number of hydrogen-bond donors (Lipinski definition) is 0. The number of likely N-dealkylation sites (N-methyl/N-ethyl adjacent to an activating group) is 1. The Morgan fingerprint density at radius 3 is 1.54 bits per heavy atom. The lowest BCUT2D eigenvalue weighted by Crippen LogP contribution is -2.32. The maximum Gasteiger partial charge on any atom is 0.0594 e. The number of ether oxygens (including phenoxy) is 1. The molecule has 0 aromatic heterocycles. The minimum Gasteiger partial charge on any atom is -0.379 e. The van der Waals surface area contributed by atoms with Crippen LogP contribution in [-0.4, -0.2) is 46.7 Å². The van der Waals surface area contributed by atoms with Gasteiger partial charge in [-0.1, -0.05) is 28.2 Å². The molecule has 0 aliphatic carbocycles. The zero-order chi connectivity index (χ0) is 8.69. The molecule has 0 aromatic rings. The Hall–Kier alpha value is -0.0151. The molecule has 0 unspecified atom stereocenters. The maximum atomic E-state index is 5.10. The Bertz CT molecular complexity index is 80.2. The lowest BCUT2D eigenvalue weighted by Gasteiger charge is -2.21. The van der Waals surface area contributed by atoms with Gasteiger partial charge < -0.3 is 9.64 Å². The summed E-state index contributed by atoms with van der Waals surface area (Å²) in [5.41, 5.74) is 0. The van der Waals surface area contributed by atoms with Crippen LogP contribution in [0.5, 0.6) is 0 Å². The molecule has 1 rings (SSSR count). The topological polar surface area (TPSA) is 12.5 Å². The molecule has 0 atom stereocenters. The second-order valence-corrected chi connectivity index (χ2v) is 3.65. The standard InChI is InChI=1S/C5H11NO.C4H10.CH4.B/c1-6-2-4-7-5-3-6;1-4(2)3;;/h2-5H2,1H3;4H,1-3H3;1H4;. The van der Waals surface area contributed by atoms with Crippen molar-refractivity contribution in [1.29, 1.82) is 0 Å². The highest BCUT2D eigenvalue weighted by molar-refractivity contribution is 5.75. The van der Waals surface area contributed by atoms with E-state index in [0.29, 0.717) is 0 Å². The Morgan fingerprint density at radius 1 is 1.08 bits per heavy atom. The van der Waals surface area contributed by atoms with Crippen LogP contribution >= 0.6 is 0 Å². The average Bonchev–Trinajstić information content (AvgIpc) is 1.87. The summed E-state index contributed by atoms with van der Waals surface area (Å²) in [5.74, 6) is 0.833. The van der Waals surface area contributed by atoms with Gasteiger partial charge in [-0.05, 0) is 13.0 Å². The molecular weight excluding hydrogens is 161 g/mol. The molecule has 79 valence electrons. The largest absolute Gasteiger partial charge is 0.379 e. The first-order valence-corrected chi connectivity index (χ1v) is 4.39. The predicted octanol–water partition coefficient (Wildman–Crippen LogP) is 1.87. The van der Waals surface area contributed by atoms with Gasteiger partial charge in [-0.2, -0.15) is 0 Å². The van der Waals surface area contributed by atoms with Gasteiger partial charge in [0.05, 0.1) is 13.2 Å². The Morgan fingerprint density at radius 2 is 1.38 bits per heavy atom. The summed E-state index contributed by atoms with van der Waals surface area (Å²) in [4.78, 5) is 2.27. The van der Waals surface area contributed by atoms with Crippen molar-refractivity contribution >= 4 is 8.41 Å². The molecule has 0 aromatic carbocycles. The molecule has 0 saturated carbocycles. The van der Waals surface area contributed by atoms with E-state index in [9.17, 15) is 0 Å². The van der Waals surface area contributed by atoms with E-state index in [-0.39, 0.29) is 15.8 Å². The quantitative estimate of drug-likeness (QED) is 0.535. The van der Waals surface area contributed by atoms with Crippen molar-refractivity contribution in [2.75, 3.05) is 33.4 Å². The van der Waals surface area contributed by atoms with Gasteiger partial charge >= 0.3 is 0 Å². The molecule has 3 radical (unpaired) electrons. The summed E-state index contributed by atoms with van der Waals surface area (Å²) in [6.45, 7) is 10.5. The molecule has 1 saturated heterocycles. The normalized spacial score (nSPS) is 16.4. The molecule has 0 spiro atoms. The second-order valence-electron chi connectivity index (χ2n) is 3.65. The summed E-state index contributed by atoms with van der Waals surface area (Å²) in [6.07, 6.45) is 0. The van der Waals surface area contributed by atoms with E-state index in [1.165, 1.54) is 0 Å². The van der Waals surface area contributed by atoms with Crippen LogP contribution in [0.4, 0.5) is 0 Å². The highest BCUT2D eigenvalue weighted by Gasteiger charge is 2.02. The summed E-state index contributed by atoms with van der Waals surface area (Å²) in [5, 5.41) is 0. The van der Waals surface area contributed by atoms with Gasteiger partial charge in [0.25, 0.3) is 0 Å². The molecule has 1 aliphatic rings. The van der Waals surface area contributed by atoms with Crippen LogP contribution in [0, 0.1) is 5.92 Å². The zero-order valence-corrected chi connectivity index (χ0v) is 8.84. The lowest BCUT2D eigenvalue weighted by atomic mass is 10.3. The van der Waals surface area contributed by atoms with Gasteiger partial charge in [0.2, 0.25) is 0 Å². The SMILES string of the molecule is C.CC(C)C.CN1CCOCC1.[B]. The van der Waals surface area contributed by atoms with Gasteiger partial charge in [0.1, 0.15) is 0 Å². The van der Waals surface area contributed by atoms with Crippen LogP contribution in [0.15, 0.2) is 0 Å². The highest BCUT2D eigenvalue weighted by atomic mass is 16.5. The van der Waals surface area contributed by atoms with Crippen LogP contribution in [0.25, 0.3) is 0 Å². The monoisotopic (exact) mass is 186 g/mol. The second kappa shape index (κ2) is 12.0. The highest BCUT2D eigenvalue weighted by Crippen LogP contribution is 1.89. The number of hydrogen-bond acceptors (Lipinski definition) is 2. The van der Waals surface area contributed by atoms with Gasteiger partial charge in [-0.3, -0.25) is 0 Å². The molecule has 2 nitrogen and oxygen atoms in total. The maximum absolute atomic E-state index is 5.10. The summed E-state index contributed by atoms with van der Waals surface area (Å²) in [7, 11) is 2.11.